The van der Waals surface area contributed by atoms with E-state index in [2.05, 4.69) is 34.9 Å². The highest BCUT2D eigenvalue weighted by Gasteiger charge is 2.22. The van der Waals surface area contributed by atoms with Gasteiger partial charge in [-0.25, -0.2) is 0 Å². The fraction of sp³-hybridized carbons (Fsp3) is 0.381. The summed E-state index contributed by atoms with van der Waals surface area (Å²) >= 11 is 0. The van der Waals surface area contributed by atoms with Gasteiger partial charge in [0.1, 0.15) is 5.75 Å². The van der Waals surface area contributed by atoms with Crippen molar-refractivity contribution in [2.75, 3.05) is 19.7 Å². The van der Waals surface area contributed by atoms with E-state index in [1.54, 1.807) is 0 Å². The SMILES string of the molecule is O=C(NCC1NCCc2ccccc21)c1ccc(OCC2CC2)cc1. The summed E-state index contributed by atoms with van der Waals surface area (Å²) in [5, 5.41) is 6.54. The topological polar surface area (TPSA) is 50.4 Å². The van der Waals surface area contributed by atoms with Crippen LogP contribution >= 0.6 is 0 Å². The van der Waals surface area contributed by atoms with E-state index in [4.69, 9.17) is 4.74 Å². The van der Waals surface area contributed by atoms with Crippen molar-refractivity contribution in [2.45, 2.75) is 25.3 Å². The molecule has 4 rings (SSSR count). The average molecular weight is 336 g/mol. The van der Waals surface area contributed by atoms with Gasteiger partial charge in [-0.15, -0.1) is 0 Å². The van der Waals surface area contributed by atoms with Gasteiger partial charge >= 0.3 is 0 Å². The first kappa shape index (κ1) is 16.2. The lowest BCUT2D eigenvalue weighted by Crippen LogP contribution is -2.38. The van der Waals surface area contributed by atoms with Gasteiger partial charge in [-0.2, -0.15) is 0 Å². The van der Waals surface area contributed by atoms with E-state index in [9.17, 15) is 4.79 Å². The maximum Gasteiger partial charge on any atom is 0.251 e. The molecule has 130 valence electrons. The Hall–Kier alpha value is -2.33. The highest BCUT2D eigenvalue weighted by Crippen LogP contribution is 2.29. The lowest BCUT2D eigenvalue weighted by atomic mass is 9.94. The van der Waals surface area contributed by atoms with Crippen molar-refractivity contribution in [3.8, 4) is 5.75 Å². The first-order valence-electron chi connectivity index (χ1n) is 9.12. The lowest BCUT2D eigenvalue weighted by molar-refractivity contribution is 0.0949. The van der Waals surface area contributed by atoms with Gasteiger partial charge in [0.05, 0.1) is 6.61 Å². The molecule has 1 amide bonds. The maximum absolute atomic E-state index is 12.4. The van der Waals surface area contributed by atoms with Gasteiger partial charge in [0.15, 0.2) is 0 Å². The third-order valence-corrected chi connectivity index (χ3v) is 4.98. The summed E-state index contributed by atoms with van der Waals surface area (Å²) in [6.07, 6.45) is 3.60. The van der Waals surface area contributed by atoms with E-state index in [1.165, 1.54) is 24.0 Å². The van der Waals surface area contributed by atoms with Crippen molar-refractivity contribution in [2.24, 2.45) is 5.92 Å². The van der Waals surface area contributed by atoms with Crippen LogP contribution in [0.25, 0.3) is 0 Å². The van der Waals surface area contributed by atoms with Gasteiger partial charge in [-0.3, -0.25) is 4.79 Å². The molecule has 1 saturated carbocycles. The Kier molecular flexibility index (Phi) is 4.70. The number of rotatable bonds is 6. The van der Waals surface area contributed by atoms with E-state index < -0.39 is 0 Å². The number of hydrogen-bond acceptors (Lipinski definition) is 3. The second-order valence-corrected chi connectivity index (χ2v) is 6.94. The highest BCUT2D eigenvalue weighted by atomic mass is 16.5. The zero-order chi connectivity index (χ0) is 17.1. The standard InChI is InChI=1S/C21H24N2O2/c24-21(17-7-9-18(10-8-17)25-14-15-5-6-15)23-13-20-19-4-2-1-3-16(19)11-12-22-20/h1-4,7-10,15,20,22H,5-6,11-14H2,(H,23,24). The molecule has 4 nitrogen and oxygen atoms in total. The second kappa shape index (κ2) is 7.28. The predicted molar refractivity (Wildman–Crippen MR) is 97.9 cm³/mol. The van der Waals surface area contributed by atoms with Gasteiger partial charge in [0.2, 0.25) is 0 Å². The number of carbonyl (C=O) groups excluding carboxylic acids is 1. The zero-order valence-electron chi connectivity index (χ0n) is 14.3. The molecule has 1 fully saturated rings. The summed E-state index contributed by atoms with van der Waals surface area (Å²) in [6.45, 7) is 2.33. The molecule has 4 heteroatoms. The summed E-state index contributed by atoms with van der Waals surface area (Å²) in [7, 11) is 0. The fourth-order valence-electron chi connectivity index (χ4n) is 3.27. The van der Waals surface area contributed by atoms with Crippen LogP contribution in [-0.4, -0.2) is 25.6 Å². The first-order valence-corrected chi connectivity index (χ1v) is 9.12. The maximum atomic E-state index is 12.4. The molecule has 1 heterocycles. The molecule has 25 heavy (non-hydrogen) atoms. The van der Waals surface area contributed by atoms with Crippen molar-refractivity contribution in [3.05, 3.63) is 65.2 Å². The number of carbonyl (C=O) groups is 1. The third kappa shape index (κ3) is 4.02. The highest BCUT2D eigenvalue weighted by molar-refractivity contribution is 5.94. The molecule has 2 aliphatic rings. The van der Waals surface area contributed by atoms with Gasteiger partial charge in [-0.1, -0.05) is 24.3 Å². The van der Waals surface area contributed by atoms with Crippen LogP contribution in [0.3, 0.4) is 0 Å². The minimum Gasteiger partial charge on any atom is -0.493 e. The van der Waals surface area contributed by atoms with Crippen LogP contribution in [0.4, 0.5) is 0 Å². The second-order valence-electron chi connectivity index (χ2n) is 6.94. The summed E-state index contributed by atoms with van der Waals surface area (Å²) in [6, 6.07) is 16.1. The summed E-state index contributed by atoms with van der Waals surface area (Å²) in [5.41, 5.74) is 3.33. The minimum absolute atomic E-state index is 0.0430. The number of benzene rings is 2. The quantitative estimate of drug-likeness (QED) is 0.852. The van der Waals surface area contributed by atoms with Crippen LogP contribution in [0.2, 0.25) is 0 Å². The molecular weight excluding hydrogens is 312 g/mol. The Balaban J connectivity index is 1.33. The minimum atomic E-state index is -0.0430. The van der Waals surface area contributed by atoms with E-state index in [0.29, 0.717) is 12.1 Å². The molecule has 0 aromatic heterocycles. The number of ether oxygens (including phenoxy) is 1. The molecule has 1 atom stereocenters. The van der Waals surface area contributed by atoms with Crippen molar-refractivity contribution in [3.63, 3.8) is 0 Å². The van der Waals surface area contributed by atoms with Crippen LogP contribution in [0, 0.1) is 5.92 Å². The lowest BCUT2D eigenvalue weighted by Gasteiger charge is -2.27. The van der Waals surface area contributed by atoms with E-state index in [-0.39, 0.29) is 11.9 Å². The molecule has 0 spiro atoms. The molecule has 2 N–H and O–H groups in total. The first-order chi connectivity index (χ1) is 12.3. The Morgan fingerprint density at radius 3 is 2.72 bits per heavy atom. The molecule has 1 unspecified atom stereocenters. The van der Waals surface area contributed by atoms with Gasteiger partial charge in [-0.05, 0) is 67.1 Å². The molecule has 0 saturated heterocycles. The number of fused-ring (bicyclic) bond motifs is 1. The van der Waals surface area contributed by atoms with Gasteiger partial charge < -0.3 is 15.4 Å². The third-order valence-electron chi connectivity index (χ3n) is 4.98. The smallest absolute Gasteiger partial charge is 0.251 e. The molecule has 2 aromatic rings. The van der Waals surface area contributed by atoms with Crippen molar-refractivity contribution < 1.29 is 9.53 Å². The summed E-state index contributed by atoms with van der Waals surface area (Å²) in [5.74, 6) is 1.53. The Morgan fingerprint density at radius 2 is 1.92 bits per heavy atom. The number of amides is 1. The molecule has 2 aromatic carbocycles. The van der Waals surface area contributed by atoms with Crippen molar-refractivity contribution in [1.82, 2.24) is 10.6 Å². The molecule has 0 radical (unpaired) electrons. The number of nitrogens with one attached hydrogen (secondary N) is 2. The van der Waals surface area contributed by atoms with Gasteiger partial charge in [0, 0.05) is 18.2 Å². The Labute approximate surface area is 148 Å². The van der Waals surface area contributed by atoms with E-state index >= 15 is 0 Å². The van der Waals surface area contributed by atoms with Crippen molar-refractivity contribution in [1.29, 1.82) is 0 Å². The predicted octanol–water partition coefficient (Wildman–Crippen LogP) is 3.09. The number of hydrogen-bond donors (Lipinski definition) is 2. The van der Waals surface area contributed by atoms with Crippen LogP contribution < -0.4 is 15.4 Å². The van der Waals surface area contributed by atoms with Crippen LogP contribution in [0.5, 0.6) is 5.75 Å². The summed E-state index contributed by atoms with van der Waals surface area (Å²) < 4.78 is 5.72. The normalized spacial score (nSPS) is 19.1. The van der Waals surface area contributed by atoms with E-state index in [1.807, 2.05) is 24.3 Å². The molecule has 1 aliphatic carbocycles. The Morgan fingerprint density at radius 1 is 1.12 bits per heavy atom. The average Bonchev–Trinajstić information content (AvgIpc) is 3.49. The van der Waals surface area contributed by atoms with Crippen LogP contribution in [-0.2, 0) is 6.42 Å². The zero-order valence-corrected chi connectivity index (χ0v) is 14.3. The van der Waals surface area contributed by atoms with Gasteiger partial charge in [0.25, 0.3) is 5.91 Å². The molecule has 1 aliphatic heterocycles. The van der Waals surface area contributed by atoms with E-state index in [0.717, 1.165) is 31.2 Å². The Bertz CT molecular complexity index is 738. The van der Waals surface area contributed by atoms with Crippen LogP contribution in [0.15, 0.2) is 48.5 Å². The summed E-state index contributed by atoms with van der Waals surface area (Å²) in [4.78, 5) is 12.4. The molecular formula is C21H24N2O2. The van der Waals surface area contributed by atoms with Crippen molar-refractivity contribution >= 4 is 5.91 Å². The largest absolute Gasteiger partial charge is 0.493 e. The fourth-order valence-corrected chi connectivity index (χ4v) is 3.27. The monoisotopic (exact) mass is 336 g/mol. The van der Waals surface area contributed by atoms with Crippen LogP contribution in [0.1, 0.15) is 40.4 Å². The molecule has 0 bridgehead atoms.